The molecule has 0 unspecified atom stereocenters. The summed E-state index contributed by atoms with van der Waals surface area (Å²) < 4.78 is 11.0. The summed E-state index contributed by atoms with van der Waals surface area (Å²) in [5.41, 5.74) is 1.99. The van der Waals surface area contributed by atoms with E-state index in [1.54, 1.807) is 12.0 Å². The Hall–Kier alpha value is -2.21. The number of hydrogen-bond donors (Lipinski definition) is 1. The smallest absolute Gasteiger partial charge is 0.254 e. The van der Waals surface area contributed by atoms with Crippen LogP contribution in [0.25, 0.3) is 0 Å². The zero-order valence-electron chi connectivity index (χ0n) is 15.1. The second kappa shape index (κ2) is 8.45. The number of hydrogen-bond acceptors (Lipinski definition) is 4. The topological polar surface area (TPSA) is 59.0 Å². The van der Waals surface area contributed by atoms with Gasteiger partial charge in [-0.25, -0.2) is 0 Å². The molecule has 1 amide bonds. The molecule has 1 N–H and O–H groups in total. The normalized spacial score (nSPS) is 20.2. The van der Waals surface area contributed by atoms with E-state index in [0.29, 0.717) is 38.3 Å². The van der Waals surface area contributed by atoms with Crippen LogP contribution in [0, 0.1) is 0 Å². The average molecular weight is 355 g/mol. The number of amides is 1. The molecular weight excluding hydrogens is 330 g/mol. The first-order valence-corrected chi connectivity index (χ1v) is 8.82. The molecule has 2 aromatic rings. The van der Waals surface area contributed by atoms with Gasteiger partial charge < -0.3 is 19.5 Å². The average Bonchev–Trinajstić information content (AvgIpc) is 2.69. The number of rotatable bonds is 6. The third-order valence-corrected chi connectivity index (χ3v) is 4.70. The van der Waals surface area contributed by atoms with Gasteiger partial charge in [-0.1, -0.05) is 42.5 Å². The summed E-state index contributed by atoms with van der Waals surface area (Å²) in [6.07, 6.45) is 0.570. The number of morpholine rings is 1. The molecule has 2 aromatic carbocycles. The highest BCUT2D eigenvalue weighted by Crippen LogP contribution is 2.24. The summed E-state index contributed by atoms with van der Waals surface area (Å²) >= 11 is 0. The van der Waals surface area contributed by atoms with E-state index in [9.17, 15) is 9.90 Å². The van der Waals surface area contributed by atoms with Crippen molar-refractivity contribution in [2.24, 2.45) is 0 Å². The van der Waals surface area contributed by atoms with Crippen LogP contribution in [0.5, 0.6) is 0 Å². The number of benzene rings is 2. The van der Waals surface area contributed by atoms with Gasteiger partial charge in [-0.3, -0.25) is 4.79 Å². The first-order chi connectivity index (χ1) is 12.7. The molecule has 5 heteroatoms. The van der Waals surface area contributed by atoms with E-state index in [4.69, 9.17) is 9.47 Å². The highest BCUT2D eigenvalue weighted by atomic mass is 16.5. The molecule has 0 aliphatic carbocycles. The molecule has 1 saturated heterocycles. The van der Waals surface area contributed by atoms with Crippen LogP contribution in [0.1, 0.15) is 21.5 Å². The van der Waals surface area contributed by atoms with Crippen molar-refractivity contribution in [1.29, 1.82) is 0 Å². The lowest BCUT2D eigenvalue weighted by atomic mass is 9.93. The maximum atomic E-state index is 12.9. The van der Waals surface area contributed by atoms with E-state index in [0.717, 1.165) is 11.1 Å². The second-order valence-electron chi connectivity index (χ2n) is 6.71. The molecular formula is C21H25NO4. The van der Waals surface area contributed by atoms with Crippen LogP contribution in [0.4, 0.5) is 0 Å². The summed E-state index contributed by atoms with van der Waals surface area (Å²) in [7, 11) is 1.65. The van der Waals surface area contributed by atoms with Crippen molar-refractivity contribution in [3.05, 3.63) is 71.3 Å². The Morgan fingerprint density at radius 2 is 1.88 bits per heavy atom. The Morgan fingerprint density at radius 3 is 2.54 bits per heavy atom. The van der Waals surface area contributed by atoms with E-state index in [1.165, 1.54) is 0 Å². The molecule has 0 bridgehead atoms. The monoisotopic (exact) mass is 355 g/mol. The van der Waals surface area contributed by atoms with Crippen molar-refractivity contribution in [2.45, 2.75) is 18.6 Å². The van der Waals surface area contributed by atoms with Crippen LogP contribution in [-0.4, -0.2) is 54.9 Å². The number of nitrogens with zero attached hydrogens (tertiary/aromatic N) is 1. The first kappa shape index (κ1) is 18.6. The molecule has 0 radical (unpaired) electrons. The zero-order chi connectivity index (χ0) is 18.4. The van der Waals surface area contributed by atoms with E-state index in [2.05, 4.69) is 0 Å². The number of methoxy groups -OCH3 is 1. The standard InChI is InChI=1S/C21H25NO4/c1-25-14-18-7-9-19(10-8-18)20(24)22-11-12-26-21(15-22,16-23)13-17-5-3-2-4-6-17/h2-10,23H,11-16H2,1H3/t21-/m0/s1. The van der Waals surface area contributed by atoms with Crippen molar-refractivity contribution in [2.75, 3.05) is 33.4 Å². The fourth-order valence-electron chi connectivity index (χ4n) is 3.34. The molecule has 138 valence electrons. The minimum absolute atomic E-state index is 0.0387. The van der Waals surface area contributed by atoms with Gasteiger partial charge in [0.15, 0.2) is 0 Å². The Kier molecular flexibility index (Phi) is 6.04. The van der Waals surface area contributed by atoms with Crippen LogP contribution in [0.15, 0.2) is 54.6 Å². The fraction of sp³-hybridized carbons (Fsp3) is 0.381. The number of aliphatic hydroxyl groups excluding tert-OH is 1. The van der Waals surface area contributed by atoms with Crippen molar-refractivity contribution >= 4 is 5.91 Å². The van der Waals surface area contributed by atoms with Crippen molar-refractivity contribution < 1.29 is 19.4 Å². The highest BCUT2D eigenvalue weighted by Gasteiger charge is 2.38. The molecule has 5 nitrogen and oxygen atoms in total. The molecule has 1 heterocycles. The van der Waals surface area contributed by atoms with Crippen LogP contribution in [0.3, 0.4) is 0 Å². The maximum absolute atomic E-state index is 12.9. The van der Waals surface area contributed by atoms with Gasteiger partial charge in [-0.15, -0.1) is 0 Å². The largest absolute Gasteiger partial charge is 0.393 e. The van der Waals surface area contributed by atoms with E-state index in [1.807, 2.05) is 54.6 Å². The van der Waals surface area contributed by atoms with Gasteiger partial charge in [-0.2, -0.15) is 0 Å². The highest BCUT2D eigenvalue weighted by molar-refractivity contribution is 5.94. The first-order valence-electron chi connectivity index (χ1n) is 8.82. The van der Waals surface area contributed by atoms with Crippen molar-refractivity contribution in [3.8, 4) is 0 Å². The lowest BCUT2D eigenvalue weighted by Crippen LogP contribution is -2.56. The summed E-state index contributed by atoms with van der Waals surface area (Å²) in [5, 5.41) is 9.99. The third-order valence-electron chi connectivity index (χ3n) is 4.70. The fourth-order valence-corrected chi connectivity index (χ4v) is 3.34. The summed E-state index contributed by atoms with van der Waals surface area (Å²) in [4.78, 5) is 14.7. The lowest BCUT2D eigenvalue weighted by Gasteiger charge is -2.42. The minimum atomic E-state index is -0.759. The van der Waals surface area contributed by atoms with Crippen LogP contribution >= 0.6 is 0 Å². The van der Waals surface area contributed by atoms with Gasteiger partial charge in [0.05, 0.1) is 26.4 Å². The molecule has 0 spiro atoms. The summed E-state index contributed by atoms with van der Waals surface area (Å²) in [5.74, 6) is -0.0387. The van der Waals surface area contributed by atoms with Gasteiger partial charge in [-0.05, 0) is 23.3 Å². The third kappa shape index (κ3) is 4.30. The molecule has 26 heavy (non-hydrogen) atoms. The summed E-state index contributed by atoms with van der Waals surface area (Å²) in [6.45, 7) is 1.71. The molecule has 1 atom stereocenters. The van der Waals surface area contributed by atoms with E-state index < -0.39 is 5.60 Å². The minimum Gasteiger partial charge on any atom is -0.393 e. The number of aliphatic hydroxyl groups is 1. The quantitative estimate of drug-likeness (QED) is 0.864. The van der Waals surface area contributed by atoms with E-state index >= 15 is 0 Å². The zero-order valence-corrected chi connectivity index (χ0v) is 15.1. The van der Waals surface area contributed by atoms with Gasteiger partial charge in [0.2, 0.25) is 0 Å². The van der Waals surface area contributed by atoms with Crippen molar-refractivity contribution in [3.63, 3.8) is 0 Å². The molecule has 1 aliphatic rings. The van der Waals surface area contributed by atoms with Crippen molar-refractivity contribution in [1.82, 2.24) is 4.90 Å². The van der Waals surface area contributed by atoms with Crippen LogP contribution < -0.4 is 0 Å². The maximum Gasteiger partial charge on any atom is 0.254 e. The van der Waals surface area contributed by atoms with Gasteiger partial charge >= 0.3 is 0 Å². The van der Waals surface area contributed by atoms with Gasteiger partial charge in [0, 0.05) is 25.6 Å². The Morgan fingerprint density at radius 1 is 1.15 bits per heavy atom. The molecule has 3 rings (SSSR count). The SMILES string of the molecule is COCc1ccc(C(=O)N2CCO[C@@](CO)(Cc3ccccc3)C2)cc1. The Bertz CT molecular complexity index is 717. The molecule has 1 aliphatic heterocycles. The van der Waals surface area contributed by atoms with E-state index in [-0.39, 0.29) is 12.5 Å². The molecule has 0 saturated carbocycles. The van der Waals surface area contributed by atoms with Crippen LogP contribution in [-0.2, 0) is 22.5 Å². The second-order valence-corrected chi connectivity index (χ2v) is 6.71. The number of ether oxygens (including phenoxy) is 2. The van der Waals surface area contributed by atoms with Crippen LogP contribution in [0.2, 0.25) is 0 Å². The van der Waals surface area contributed by atoms with Gasteiger partial charge in [0.25, 0.3) is 5.91 Å². The van der Waals surface area contributed by atoms with Gasteiger partial charge in [0.1, 0.15) is 5.60 Å². The Balaban J connectivity index is 1.72. The number of carbonyl (C=O) groups is 1. The summed E-state index contributed by atoms with van der Waals surface area (Å²) in [6, 6.07) is 17.4. The molecule has 1 fully saturated rings. The molecule has 0 aromatic heterocycles. The predicted octanol–water partition coefficient (Wildman–Crippen LogP) is 2.28. The Labute approximate surface area is 154 Å². The predicted molar refractivity (Wildman–Crippen MR) is 99.0 cm³/mol. The lowest BCUT2D eigenvalue weighted by molar-refractivity contribution is -0.123. The number of carbonyl (C=O) groups excluding carboxylic acids is 1.